The van der Waals surface area contributed by atoms with Crippen LogP contribution >= 0.6 is 11.3 Å². The third kappa shape index (κ3) is 5.21. The van der Waals surface area contributed by atoms with Gasteiger partial charge < -0.3 is 14.7 Å². The number of thiophene rings is 1. The van der Waals surface area contributed by atoms with Gasteiger partial charge in [-0.1, -0.05) is 11.8 Å². The number of ether oxygens (including phenoxy) is 1. The fourth-order valence-corrected chi connectivity index (χ4v) is 2.73. The van der Waals surface area contributed by atoms with Crippen molar-refractivity contribution in [1.29, 1.82) is 0 Å². The first-order valence-corrected chi connectivity index (χ1v) is 7.33. The van der Waals surface area contributed by atoms with Crippen LogP contribution in [0.25, 0.3) is 0 Å². The minimum absolute atomic E-state index is 0.0926. The van der Waals surface area contributed by atoms with Crippen molar-refractivity contribution in [3.8, 4) is 11.8 Å². The second-order valence-corrected chi connectivity index (χ2v) is 5.54. The van der Waals surface area contributed by atoms with Crippen LogP contribution in [0.3, 0.4) is 0 Å². The minimum atomic E-state index is -0.274. The van der Waals surface area contributed by atoms with Crippen molar-refractivity contribution in [2.75, 3.05) is 27.3 Å². The molecule has 0 aliphatic carbocycles. The van der Waals surface area contributed by atoms with Gasteiger partial charge in [-0.25, -0.2) is 0 Å². The summed E-state index contributed by atoms with van der Waals surface area (Å²) in [5.74, 6) is 5.04. The highest BCUT2D eigenvalue weighted by Gasteiger charge is 2.16. The van der Waals surface area contributed by atoms with Crippen molar-refractivity contribution >= 4 is 23.2 Å². The van der Waals surface area contributed by atoms with E-state index in [-0.39, 0.29) is 18.5 Å². The Morgan fingerprint density at radius 2 is 2.19 bits per heavy atom. The molecule has 1 heterocycles. The van der Waals surface area contributed by atoms with Crippen LogP contribution in [0.1, 0.15) is 33.0 Å². The number of aliphatic hydroxyl groups excluding tert-OH is 1. The summed E-state index contributed by atoms with van der Waals surface area (Å²) < 4.78 is 4.56. The van der Waals surface area contributed by atoms with Gasteiger partial charge in [0.05, 0.1) is 16.9 Å². The smallest absolute Gasteiger partial charge is 0.305 e. The normalized spacial score (nSPS) is 9.71. The molecule has 21 heavy (non-hydrogen) atoms. The number of hydrogen-bond acceptors (Lipinski definition) is 5. The van der Waals surface area contributed by atoms with E-state index in [1.165, 1.54) is 18.4 Å². The maximum absolute atomic E-state index is 12.3. The Labute approximate surface area is 128 Å². The Morgan fingerprint density at radius 3 is 2.81 bits per heavy atom. The number of carbonyl (C=O) groups is 2. The number of aliphatic hydroxyl groups is 1. The van der Waals surface area contributed by atoms with Gasteiger partial charge in [0.2, 0.25) is 0 Å². The lowest BCUT2D eigenvalue weighted by Crippen LogP contribution is -2.27. The number of aryl methyl sites for hydroxylation is 1. The van der Waals surface area contributed by atoms with E-state index in [1.807, 2.05) is 6.92 Å². The first-order chi connectivity index (χ1) is 9.99. The predicted molar refractivity (Wildman–Crippen MR) is 81.2 cm³/mol. The Hall–Kier alpha value is -1.84. The molecule has 1 N–H and O–H groups in total. The van der Waals surface area contributed by atoms with Gasteiger partial charge in [0.15, 0.2) is 0 Å². The number of methoxy groups -OCH3 is 1. The maximum Gasteiger partial charge on any atom is 0.305 e. The molecule has 1 aromatic heterocycles. The standard InChI is InChI=1S/C15H19NO4S/c1-11-10-13(21-12(11)6-5-9-17)15(19)16(2)8-4-7-14(18)20-3/h10,17H,4,7-9H2,1-3H3. The van der Waals surface area contributed by atoms with Crippen LogP contribution in [0.4, 0.5) is 0 Å². The van der Waals surface area contributed by atoms with E-state index in [0.717, 1.165) is 10.4 Å². The fraction of sp³-hybridized carbons (Fsp3) is 0.467. The molecule has 0 radical (unpaired) electrons. The minimum Gasteiger partial charge on any atom is -0.469 e. The molecule has 0 aliphatic heterocycles. The van der Waals surface area contributed by atoms with Crippen molar-refractivity contribution in [2.24, 2.45) is 0 Å². The molecule has 0 bridgehead atoms. The summed E-state index contributed by atoms with van der Waals surface area (Å²) >= 11 is 1.31. The van der Waals surface area contributed by atoms with Crippen LogP contribution in [0.5, 0.6) is 0 Å². The molecule has 1 aromatic rings. The van der Waals surface area contributed by atoms with E-state index in [9.17, 15) is 9.59 Å². The molecule has 114 valence electrons. The lowest BCUT2D eigenvalue weighted by molar-refractivity contribution is -0.140. The van der Waals surface area contributed by atoms with Crippen LogP contribution < -0.4 is 0 Å². The summed E-state index contributed by atoms with van der Waals surface area (Å²) in [4.78, 5) is 26.2. The van der Waals surface area contributed by atoms with Crippen molar-refractivity contribution in [2.45, 2.75) is 19.8 Å². The molecule has 0 saturated heterocycles. The second kappa shape index (κ2) is 8.45. The second-order valence-electron chi connectivity index (χ2n) is 4.49. The van der Waals surface area contributed by atoms with Gasteiger partial charge >= 0.3 is 5.97 Å². The summed E-state index contributed by atoms with van der Waals surface area (Å²) in [6.07, 6.45) is 0.862. The van der Waals surface area contributed by atoms with Crippen LogP contribution in [-0.2, 0) is 9.53 Å². The van der Waals surface area contributed by atoms with Crippen molar-refractivity contribution in [1.82, 2.24) is 4.90 Å². The summed E-state index contributed by atoms with van der Waals surface area (Å²) in [6, 6.07) is 1.80. The quantitative estimate of drug-likeness (QED) is 0.660. The Kier molecular flexibility index (Phi) is 6.92. The molecule has 6 heteroatoms. The van der Waals surface area contributed by atoms with E-state index in [2.05, 4.69) is 16.6 Å². The van der Waals surface area contributed by atoms with Crippen LogP contribution in [0.2, 0.25) is 0 Å². The van der Waals surface area contributed by atoms with Crippen molar-refractivity contribution in [3.05, 3.63) is 21.4 Å². The third-order valence-electron chi connectivity index (χ3n) is 2.86. The summed E-state index contributed by atoms with van der Waals surface area (Å²) in [5.41, 5.74) is 0.923. The molecule has 1 amide bonds. The largest absolute Gasteiger partial charge is 0.469 e. The lowest BCUT2D eigenvalue weighted by Gasteiger charge is -2.15. The zero-order chi connectivity index (χ0) is 15.8. The van der Waals surface area contributed by atoms with E-state index < -0.39 is 0 Å². The highest BCUT2D eigenvalue weighted by Crippen LogP contribution is 2.22. The number of rotatable bonds is 5. The van der Waals surface area contributed by atoms with Gasteiger partial charge in [0.25, 0.3) is 5.91 Å². The zero-order valence-electron chi connectivity index (χ0n) is 12.4. The Morgan fingerprint density at radius 1 is 1.48 bits per heavy atom. The van der Waals surface area contributed by atoms with Gasteiger partial charge in [-0.05, 0) is 25.0 Å². The molecule has 0 aliphatic rings. The lowest BCUT2D eigenvalue weighted by atomic mass is 10.2. The van der Waals surface area contributed by atoms with E-state index in [1.54, 1.807) is 18.0 Å². The summed E-state index contributed by atoms with van der Waals surface area (Å²) in [7, 11) is 3.05. The van der Waals surface area contributed by atoms with Crippen LogP contribution in [0, 0.1) is 18.8 Å². The first kappa shape index (κ1) is 17.2. The third-order valence-corrected chi connectivity index (χ3v) is 4.00. The molecule has 0 unspecified atom stereocenters. The maximum atomic E-state index is 12.3. The van der Waals surface area contributed by atoms with E-state index in [4.69, 9.17) is 5.11 Å². The number of carbonyl (C=O) groups excluding carboxylic acids is 2. The van der Waals surface area contributed by atoms with Crippen molar-refractivity contribution < 1.29 is 19.4 Å². The number of hydrogen-bond donors (Lipinski definition) is 1. The fourth-order valence-electron chi connectivity index (χ4n) is 1.68. The molecular weight excluding hydrogens is 290 g/mol. The molecule has 0 aromatic carbocycles. The molecule has 0 spiro atoms. The van der Waals surface area contributed by atoms with Crippen LogP contribution in [0.15, 0.2) is 6.07 Å². The van der Waals surface area contributed by atoms with Gasteiger partial charge in [-0.2, -0.15) is 0 Å². The topological polar surface area (TPSA) is 66.8 Å². The van der Waals surface area contributed by atoms with Gasteiger partial charge in [-0.3, -0.25) is 9.59 Å². The average molecular weight is 309 g/mol. The summed E-state index contributed by atoms with van der Waals surface area (Å²) in [5, 5.41) is 8.70. The molecule has 0 fully saturated rings. The zero-order valence-corrected chi connectivity index (χ0v) is 13.2. The number of amides is 1. The Bertz CT molecular complexity index is 568. The average Bonchev–Trinajstić information content (AvgIpc) is 2.84. The SMILES string of the molecule is COC(=O)CCCN(C)C(=O)c1cc(C)c(C#CCO)s1. The molecule has 0 saturated carbocycles. The van der Waals surface area contributed by atoms with E-state index in [0.29, 0.717) is 24.3 Å². The van der Waals surface area contributed by atoms with Gasteiger partial charge in [0.1, 0.15) is 6.61 Å². The van der Waals surface area contributed by atoms with Crippen LogP contribution in [-0.4, -0.2) is 49.2 Å². The molecular formula is C15H19NO4S. The van der Waals surface area contributed by atoms with E-state index >= 15 is 0 Å². The molecule has 0 atom stereocenters. The van der Waals surface area contributed by atoms with Gasteiger partial charge in [-0.15, -0.1) is 11.3 Å². The highest BCUT2D eigenvalue weighted by atomic mass is 32.1. The molecule has 1 rings (SSSR count). The molecule has 5 nitrogen and oxygen atoms in total. The van der Waals surface area contributed by atoms with Crippen molar-refractivity contribution in [3.63, 3.8) is 0 Å². The van der Waals surface area contributed by atoms with Gasteiger partial charge in [0, 0.05) is 20.0 Å². The summed E-state index contributed by atoms with van der Waals surface area (Å²) in [6.45, 7) is 2.17. The first-order valence-electron chi connectivity index (χ1n) is 6.52. The highest BCUT2D eigenvalue weighted by molar-refractivity contribution is 7.14. The predicted octanol–water partition coefficient (Wildman–Crippen LogP) is 1.43. The monoisotopic (exact) mass is 309 g/mol. The number of nitrogens with zero attached hydrogens (tertiary/aromatic N) is 1. The Balaban J connectivity index is 2.64. The number of esters is 1.